The van der Waals surface area contributed by atoms with Crippen molar-refractivity contribution in [3.63, 3.8) is 0 Å². The number of aromatic amines is 1. The lowest BCUT2D eigenvalue weighted by molar-refractivity contribution is -0.464. The highest BCUT2D eigenvalue weighted by atomic mass is 19.3. The van der Waals surface area contributed by atoms with E-state index in [1.165, 1.54) is 4.40 Å². The number of nitrogens with one attached hydrogen (secondary N) is 1. The fourth-order valence-corrected chi connectivity index (χ4v) is 3.23. The van der Waals surface area contributed by atoms with Crippen molar-refractivity contribution in [1.82, 2.24) is 14.1 Å². The highest BCUT2D eigenvalue weighted by molar-refractivity contribution is 5.49. The number of hydrogen-bond donors (Lipinski definition) is 1. The van der Waals surface area contributed by atoms with Gasteiger partial charge in [-0.05, 0) is 18.2 Å². The maximum atomic E-state index is 12.9. The van der Waals surface area contributed by atoms with Gasteiger partial charge in [-0.3, -0.25) is 0 Å². The predicted molar refractivity (Wildman–Crippen MR) is 110 cm³/mol. The van der Waals surface area contributed by atoms with E-state index >= 15 is 0 Å². The van der Waals surface area contributed by atoms with Crippen molar-refractivity contribution in [1.29, 1.82) is 0 Å². The first-order valence-electron chi connectivity index (χ1n) is 9.73. The van der Waals surface area contributed by atoms with E-state index in [0.717, 1.165) is 29.2 Å². The molecule has 0 radical (unpaired) electrons. The van der Waals surface area contributed by atoms with Crippen molar-refractivity contribution in [2.45, 2.75) is 6.54 Å². The number of anilines is 1. The molecule has 1 aliphatic rings. The van der Waals surface area contributed by atoms with Crippen LogP contribution < -0.4 is 21.4 Å². The zero-order chi connectivity index (χ0) is 21.8. The predicted octanol–water partition coefficient (Wildman–Crippen LogP) is 0.656. The number of aromatic nitrogens is 4. The molecule has 0 bridgehead atoms. The summed E-state index contributed by atoms with van der Waals surface area (Å²) in [6.45, 7) is 2.38. The molecular weight excluding hydrogens is 406 g/mol. The maximum Gasteiger partial charge on any atom is 0.451 e. The highest BCUT2D eigenvalue weighted by Crippen LogP contribution is 2.13. The van der Waals surface area contributed by atoms with E-state index < -0.39 is 11.8 Å². The molecule has 4 rings (SSSR count). The molecule has 0 saturated carbocycles. The Bertz CT molecular complexity index is 1230. The quantitative estimate of drug-likeness (QED) is 0.618. The molecule has 4 heterocycles. The van der Waals surface area contributed by atoms with E-state index in [1.807, 2.05) is 12.1 Å². The molecule has 0 aromatic carbocycles. The monoisotopic (exact) mass is 427 g/mol. The molecule has 0 spiro atoms. The first kappa shape index (κ1) is 20.7. The van der Waals surface area contributed by atoms with Gasteiger partial charge in [-0.15, -0.1) is 9.08 Å². The smallest absolute Gasteiger partial charge is 0.378 e. The second-order valence-electron chi connectivity index (χ2n) is 6.97. The minimum absolute atomic E-state index is 0.303. The van der Waals surface area contributed by atoms with E-state index in [1.54, 1.807) is 24.5 Å². The average molecular weight is 427 g/mol. The number of halogens is 2. The van der Waals surface area contributed by atoms with Crippen LogP contribution in [-0.4, -0.2) is 46.9 Å². The third-order valence-electron chi connectivity index (χ3n) is 4.94. The van der Waals surface area contributed by atoms with Gasteiger partial charge >= 0.3 is 11.3 Å². The molecule has 0 aliphatic carbocycles. The molecule has 0 amide bonds. The van der Waals surface area contributed by atoms with E-state index in [-0.39, 0.29) is 18.7 Å². The summed E-state index contributed by atoms with van der Waals surface area (Å²) in [5, 5.41) is 2.81. The summed E-state index contributed by atoms with van der Waals surface area (Å²) in [7, 11) is 0. The van der Waals surface area contributed by atoms with Crippen LogP contribution in [0.2, 0.25) is 0 Å². The van der Waals surface area contributed by atoms with Crippen LogP contribution in [0.5, 0.6) is 0 Å². The number of pyridine rings is 2. The third-order valence-corrected chi connectivity index (χ3v) is 4.94. The van der Waals surface area contributed by atoms with Gasteiger partial charge in [-0.2, -0.15) is 13.9 Å². The van der Waals surface area contributed by atoms with Gasteiger partial charge in [0.1, 0.15) is 12.0 Å². The van der Waals surface area contributed by atoms with E-state index in [0.29, 0.717) is 24.4 Å². The molecule has 160 valence electrons. The summed E-state index contributed by atoms with van der Waals surface area (Å²) in [5.41, 5.74) is 6.42. The summed E-state index contributed by atoms with van der Waals surface area (Å²) >= 11 is 0. The van der Waals surface area contributed by atoms with Crippen LogP contribution in [0.4, 0.5) is 14.6 Å². The summed E-state index contributed by atoms with van der Waals surface area (Å²) in [4.78, 5) is 19.0. The Hall–Kier alpha value is -3.55. The summed E-state index contributed by atoms with van der Waals surface area (Å²) in [6, 6.07) is 7.20. The molecule has 1 fully saturated rings. The van der Waals surface area contributed by atoms with Crippen molar-refractivity contribution in [3.8, 4) is 11.8 Å². The lowest BCUT2D eigenvalue weighted by Crippen LogP contribution is -2.36. The van der Waals surface area contributed by atoms with Crippen molar-refractivity contribution >= 4 is 11.5 Å². The first-order valence-corrected chi connectivity index (χ1v) is 9.73. The van der Waals surface area contributed by atoms with E-state index in [2.05, 4.69) is 26.8 Å². The van der Waals surface area contributed by atoms with Crippen molar-refractivity contribution in [2.75, 3.05) is 37.7 Å². The largest absolute Gasteiger partial charge is 0.451 e. The third kappa shape index (κ3) is 4.63. The van der Waals surface area contributed by atoms with Gasteiger partial charge in [0.2, 0.25) is 0 Å². The minimum atomic E-state index is -1.88. The Morgan fingerprint density at radius 3 is 2.65 bits per heavy atom. The van der Waals surface area contributed by atoms with Crippen molar-refractivity contribution in [3.05, 3.63) is 69.9 Å². The molecule has 8 nitrogen and oxygen atoms in total. The number of nitrogens with two attached hydrogens (primary N) is 1. The Labute approximate surface area is 176 Å². The van der Waals surface area contributed by atoms with Crippen LogP contribution in [0.15, 0.2) is 53.1 Å². The van der Waals surface area contributed by atoms with Gasteiger partial charge in [0, 0.05) is 48.6 Å². The van der Waals surface area contributed by atoms with Gasteiger partial charge in [0.15, 0.2) is 0 Å². The zero-order valence-electron chi connectivity index (χ0n) is 16.6. The number of rotatable bonds is 4. The lowest BCUT2D eigenvalue weighted by atomic mass is 10.2. The van der Waals surface area contributed by atoms with Crippen LogP contribution in [0.1, 0.15) is 11.1 Å². The minimum Gasteiger partial charge on any atom is -0.378 e. The fourth-order valence-electron chi connectivity index (χ4n) is 3.23. The summed E-state index contributed by atoms with van der Waals surface area (Å²) < 4.78 is 33.5. The maximum absolute atomic E-state index is 12.9. The van der Waals surface area contributed by atoms with Crippen molar-refractivity contribution in [2.24, 2.45) is 5.73 Å². The van der Waals surface area contributed by atoms with Gasteiger partial charge in [-0.25, -0.2) is 9.78 Å². The molecule has 0 atom stereocenters. The zero-order valence-corrected chi connectivity index (χ0v) is 16.6. The van der Waals surface area contributed by atoms with Crippen LogP contribution in [0, 0.1) is 11.8 Å². The van der Waals surface area contributed by atoms with Crippen LogP contribution >= 0.6 is 0 Å². The SMILES string of the molecule is NCC(Cn1[nH+]c2cc(C#Cc3ccc(N4CCOCC4)nc3)ccn2c1=O)=C(F)F. The Morgan fingerprint density at radius 2 is 1.97 bits per heavy atom. The Balaban J connectivity index is 1.54. The van der Waals surface area contributed by atoms with Crippen molar-refractivity contribution < 1.29 is 18.6 Å². The summed E-state index contributed by atoms with van der Waals surface area (Å²) in [5.74, 6) is 6.97. The normalized spacial score (nSPS) is 13.7. The molecule has 31 heavy (non-hydrogen) atoms. The lowest BCUT2D eigenvalue weighted by Gasteiger charge is -2.27. The number of morpholine rings is 1. The van der Waals surface area contributed by atoms with Crippen LogP contribution in [-0.2, 0) is 11.3 Å². The second kappa shape index (κ2) is 9.07. The van der Waals surface area contributed by atoms with E-state index in [4.69, 9.17) is 10.5 Å². The number of ether oxygens (including phenoxy) is 1. The standard InChI is InChI=1S/C21H20F2N6O2/c22-20(23)17(12-24)14-29-21(30)28-6-5-15(11-19(28)26-29)1-2-16-3-4-18(25-13-16)27-7-9-31-10-8-27/h3-6,11,13H,7-10,12,14,24H2/p+1. The number of hydrogen-bond acceptors (Lipinski definition) is 5. The van der Waals surface area contributed by atoms with Crippen LogP contribution in [0.3, 0.4) is 0 Å². The number of nitrogens with zero attached hydrogens (tertiary/aromatic N) is 4. The second-order valence-corrected chi connectivity index (χ2v) is 6.97. The van der Waals surface area contributed by atoms with Gasteiger partial charge in [-0.1, -0.05) is 11.8 Å². The average Bonchev–Trinajstić information content (AvgIpc) is 3.11. The Morgan fingerprint density at radius 1 is 1.19 bits per heavy atom. The molecule has 3 N–H and O–H groups in total. The molecule has 10 heteroatoms. The molecule has 1 aliphatic heterocycles. The van der Waals surface area contributed by atoms with Gasteiger partial charge in [0.25, 0.3) is 6.08 Å². The highest BCUT2D eigenvalue weighted by Gasteiger charge is 2.17. The fraction of sp³-hybridized carbons (Fsp3) is 0.286. The number of H-pyrrole nitrogens is 1. The molecule has 3 aromatic rings. The van der Waals surface area contributed by atoms with Gasteiger partial charge in [0.05, 0.1) is 19.8 Å². The first-order chi connectivity index (χ1) is 15.0. The summed E-state index contributed by atoms with van der Waals surface area (Å²) in [6.07, 6.45) is 1.39. The molecule has 3 aromatic heterocycles. The molecule has 0 unspecified atom stereocenters. The van der Waals surface area contributed by atoms with E-state index in [9.17, 15) is 13.6 Å². The Kier molecular flexibility index (Phi) is 6.06. The van der Waals surface area contributed by atoms with Crippen LogP contribution in [0.25, 0.3) is 5.65 Å². The molecule has 1 saturated heterocycles. The number of fused-ring (bicyclic) bond motifs is 1. The topological polar surface area (TPSA) is 91.9 Å². The molecular formula is C21H21F2N6O2+. The van der Waals surface area contributed by atoms with Gasteiger partial charge < -0.3 is 15.4 Å².